The predicted molar refractivity (Wildman–Crippen MR) is 79.4 cm³/mol. The molecule has 0 aromatic carbocycles. The number of aromatic nitrogens is 1. The van der Waals surface area contributed by atoms with Crippen molar-refractivity contribution in [3.63, 3.8) is 0 Å². The maximum absolute atomic E-state index is 9.39. The van der Waals surface area contributed by atoms with Crippen LogP contribution in [-0.2, 0) is 13.0 Å². The summed E-state index contributed by atoms with van der Waals surface area (Å²) in [6.45, 7) is 6.77. The van der Waals surface area contributed by atoms with Crippen LogP contribution < -0.4 is 4.90 Å². The first-order valence-corrected chi connectivity index (χ1v) is 7.62. The lowest BCUT2D eigenvalue weighted by molar-refractivity contribution is 0.281. The van der Waals surface area contributed by atoms with E-state index >= 15 is 0 Å². The molecule has 0 bridgehead atoms. The van der Waals surface area contributed by atoms with E-state index in [-0.39, 0.29) is 6.61 Å². The standard InChI is InChI=1S/C16H26N2O/c1-3-5-13-7-8-18(11-13)16-10-14(12-19)9-15(17-16)6-4-2/h9-10,13,19H,3-8,11-12H2,1-2H3. The molecule has 2 rings (SSSR count). The van der Waals surface area contributed by atoms with Crippen LogP contribution in [0.1, 0.15) is 50.8 Å². The van der Waals surface area contributed by atoms with Crippen molar-refractivity contribution < 1.29 is 5.11 Å². The van der Waals surface area contributed by atoms with E-state index in [2.05, 4.69) is 18.7 Å². The van der Waals surface area contributed by atoms with Crippen LogP contribution in [0.5, 0.6) is 0 Å². The van der Waals surface area contributed by atoms with Crippen molar-refractivity contribution >= 4 is 5.82 Å². The van der Waals surface area contributed by atoms with Gasteiger partial charge in [-0.3, -0.25) is 0 Å². The van der Waals surface area contributed by atoms with Crippen LogP contribution >= 0.6 is 0 Å². The minimum atomic E-state index is 0.110. The number of aryl methyl sites for hydroxylation is 1. The van der Waals surface area contributed by atoms with E-state index in [4.69, 9.17) is 4.98 Å². The number of hydrogen-bond donors (Lipinski definition) is 1. The molecule has 0 aliphatic carbocycles. The molecule has 1 aromatic heterocycles. The van der Waals surface area contributed by atoms with Gasteiger partial charge in [-0.1, -0.05) is 26.7 Å². The lowest BCUT2D eigenvalue weighted by Crippen LogP contribution is -2.21. The molecule has 2 heterocycles. The summed E-state index contributed by atoms with van der Waals surface area (Å²) in [7, 11) is 0. The second-order valence-electron chi connectivity index (χ2n) is 5.62. The second-order valence-corrected chi connectivity index (χ2v) is 5.62. The van der Waals surface area contributed by atoms with Gasteiger partial charge in [0.25, 0.3) is 0 Å². The summed E-state index contributed by atoms with van der Waals surface area (Å²) in [5.41, 5.74) is 2.11. The van der Waals surface area contributed by atoms with E-state index in [1.54, 1.807) is 0 Å². The zero-order chi connectivity index (χ0) is 13.7. The molecule has 0 saturated carbocycles. The summed E-state index contributed by atoms with van der Waals surface area (Å²) >= 11 is 0. The molecule has 1 N–H and O–H groups in total. The van der Waals surface area contributed by atoms with Gasteiger partial charge in [-0.25, -0.2) is 4.98 Å². The summed E-state index contributed by atoms with van der Waals surface area (Å²) in [6, 6.07) is 4.08. The summed E-state index contributed by atoms with van der Waals surface area (Å²) in [5, 5.41) is 9.39. The Labute approximate surface area is 116 Å². The highest BCUT2D eigenvalue weighted by atomic mass is 16.3. The Balaban J connectivity index is 2.12. The lowest BCUT2D eigenvalue weighted by atomic mass is 10.0. The van der Waals surface area contributed by atoms with Gasteiger partial charge in [0.05, 0.1) is 6.61 Å². The smallest absolute Gasteiger partial charge is 0.129 e. The largest absolute Gasteiger partial charge is 0.392 e. The first kappa shape index (κ1) is 14.3. The fraction of sp³-hybridized carbons (Fsp3) is 0.688. The van der Waals surface area contributed by atoms with E-state index in [1.807, 2.05) is 12.1 Å². The van der Waals surface area contributed by atoms with Crippen molar-refractivity contribution in [2.24, 2.45) is 5.92 Å². The van der Waals surface area contributed by atoms with Crippen LogP contribution in [0.15, 0.2) is 12.1 Å². The van der Waals surface area contributed by atoms with Gasteiger partial charge in [-0.2, -0.15) is 0 Å². The molecule has 0 spiro atoms. The molecule has 1 unspecified atom stereocenters. The second kappa shape index (κ2) is 6.90. The van der Waals surface area contributed by atoms with E-state index < -0.39 is 0 Å². The lowest BCUT2D eigenvalue weighted by Gasteiger charge is -2.19. The molecule has 1 fully saturated rings. The van der Waals surface area contributed by atoms with Gasteiger partial charge in [0.1, 0.15) is 5.82 Å². The Bertz CT molecular complexity index is 406. The van der Waals surface area contributed by atoms with Crippen LogP contribution in [0.2, 0.25) is 0 Å². The van der Waals surface area contributed by atoms with Crippen molar-refractivity contribution in [1.29, 1.82) is 0 Å². The van der Waals surface area contributed by atoms with Crippen LogP contribution in [0.25, 0.3) is 0 Å². The Hall–Kier alpha value is -1.09. The van der Waals surface area contributed by atoms with Crippen molar-refractivity contribution in [2.45, 2.75) is 52.6 Å². The maximum Gasteiger partial charge on any atom is 0.129 e. The normalized spacial score (nSPS) is 19.1. The Morgan fingerprint density at radius 2 is 2.16 bits per heavy atom. The van der Waals surface area contributed by atoms with Gasteiger partial charge in [-0.15, -0.1) is 0 Å². The number of rotatable bonds is 6. The Morgan fingerprint density at radius 1 is 1.32 bits per heavy atom. The zero-order valence-electron chi connectivity index (χ0n) is 12.2. The first-order valence-electron chi connectivity index (χ1n) is 7.62. The molecule has 1 atom stereocenters. The maximum atomic E-state index is 9.39. The average molecular weight is 262 g/mol. The monoisotopic (exact) mass is 262 g/mol. The molecule has 1 aromatic rings. The van der Waals surface area contributed by atoms with E-state index in [0.717, 1.165) is 48.9 Å². The molecule has 106 valence electrons. The Kier molecular flexibility index (Phi) is 5.20. The molecule has 1 aliphatic heterocycles. The van der Waals surface area contributed by atoms with Crippen LogP contribution in [-0.4, -0.2) is 23.2 Å². The molecule has 3 nitrogen and oxygen atoms in total. The fourth-order valence-electron chi connectivity index (χ4n) is 2.96. The van der Waals surface area contributed by atoms with Crippen LogP contribution in [0, 0.1) is 5.92 Å². The van der Waals surface area contributed by atoms with E-state index in [9.17, 15) is 5.11 Å². The SMILES string of the molecule is CCCc1cc(CO)cc(N2CCC(CCC)C2)n1. The average Bonchev–Trinajstić information content (AvgIpc) is 2.88. The van der Waals surface area contributed by atoms with Gasteiger partial charge >= 0.3 is 0 Å². The predicted octanol–water partition coefficient (Wildman–Crippen LogP) is 3.15. The third kappa shape index (κ3) is 3.69. The van der Waals surface area contributed by atoms with E-state index in [1.165, 1.54) is 19.3 Å². The number of pyridine rings is 1. The third-order valence-corrected chi connectivity index (χ3v) is 3.92. The Morgan fingerprint density at radius 3 is 2.84 bits per heavy atom. The molecule has 0 radical (unpaired) electrons. The van der Waals surface area contributed by atoms with Crippen molar-refractivity contribution in [2.75, 3.05) is 18.0 Å². The molecule has 1 aliphatic rings. The van der Waals surface area contributed by atoms with Crippen molar-refractivity contribution in [3.8, 4) is 0 Å². The molecular weight excluding hydrogens is 236 g/mol. The summed E-state index contributed by atoms with van der Waals surface area (Å²) in [4.78, 5) is 7.15. The van der Waals surface area contributed by atoms with Crippen LogP contribution in [0.4, 0.5) is 5.82 Å². The summed E-state index contributed by atoms with van der Waals surface area (Å²) < 4.78 is 0. The third-order valence-electron chi connectivity index (χ3n) is 3.92. The molecule has 3 heteroatoms. The van der Waals surface area contributed by atoms with Crippen molar-refractivity contribution in [3.05, 3.63) is 23.4 Å². The molecule has 1 saturated heterocycles. The zero-order valence-corrected chi connectivity index (χ0v) is 12.2. The van der Waals surface area contributed by atoms with Gasteiger partial charge in [0, 0.05) is 18.8 Å². The van der Waals surface area contributed by atoms with Gasteiger partial charge in [0.15, 0.2) is 0 Å². The number of aliphatic hydroxyl groups is 1. The topological polar surface area (TPSA) is 36.4 Å². The van der Waals surface area contributed by atoms with Crippen molar-refractivity contribution in [1.82, 2.24) is 4.98 Å². The number of anilines is 1. The highest BCUT2D eigenvalue weighted by molar-refractivity contribution is 5.43. The number of nitrogens with zero attached hydrogens (tertiary/aromatic N) is 2. The van der Waals surface area contributed by atoms with Gasteiger partial charge in [0.2, 0.25) is 0 Å². The summed E-state index contributed by atoms with van der Waals surface area (Å²) in [6.07, 6.45) is 5.95. The summed E-state index contributed by atoms with van der Waals surface area (Å²) in [5.74, 6) is 1.88. The van der Waals surface area contributed by atoms with Gasteiger partial charge in [-0.05, 0) is 42.9 Å². The van der Waals surface area contributed by atoms with Crippen LogP contribution in [0.3, 0.4) is 0 Å². The molecule has 19 heavy (non-hydrogen) atoms. The van der Waals surface area contributed by atoms with E-state index in [0.29, 0.717) is 0 Å². The molecule has 0 amide bonds. The first-order chi connectivity index (χ1) is 9.26. The fourth-order valence-corrected chi connectivity index (χ4v) is 2.96. The minimum absolute atomic E-state index is 0.110. The highest BCUT2D eigenvalue weighted by Gasteiger charge is 2.23. The quantitative estimate of drug-likeness (QED) is 0.855. The number of aliphatic hydroxyl groups excluding tert-OH is 1. The number of hydrogen-bond acceptors (Lipinski definition) is 3. The minimum Gasteiger partial charge on any atom is -0.392 e. The highest BCUT2D eigenvalue weighted by Crippen LogP contribution is 2.26. The van der Waals surface area contributed by atoms with Gasteiger partial charge < -0.3 is 10.0 Å². The molecular formula is C16H26N2O.